The maximum absolute atomic E-state index is 11.4. The molecule has 0 saturated carbocycles. The summed E-state index contributed by atoms with van der Waals surface area (Å²) >= 11 is 0. The molecule has 74 valence electrons. The van der Waals surface area contributed by atoms with Crippen molar-refractivity contribution in [3.8, 4) is 6.07 Å². The van der Waals surface area contributed by atoms with Crippen molar-refractivity contribution in [3.05, 3.63) is 29.5 Å². The first-order valence-electron chi connectivity index (χ1n) is 4.29. The molecule has 2 rings (SSSR count). The fourth-order valence-electron chi connectivity index (χ4n) is 1.19. The van der Waals surface area contributed by atoms with Gasteiger partial charge in [-0.05, 0) is 10.9 Å². The summed E-state index contributed by atoms with van der Waals surface area (Å²) in [6, 6.07) is 8.75. The molecule has 15 heavy (non-hydrogen) atoms. The number of hydrogen-bond donors (Lipinski definition) is 1. The van der Waals surface area contributed by atoms with E-state index in [0.717, 1.165) is 0 Å². The highest BCUT2D eigenvalue weighted by molar-refractivity contribution is 5.71. The summed E-state index contributed by atoms with van der Waals surface area (Å²) < 4.78 is 0. The van der Waals surface area contributed by atoms with Crippen molar-refractivity contribution in [3.63, 3.8) is 0 Å². The van der Waals surface area contributed by atoms with E-state index in [2.05, 4.69) is 15.4 Å². The van der Waals surface area contributed by atoms with Gasteiger partial charge in [0, 0.05) is 6.07 Å². The summed E-state index contributed by atoms with van der Waals surface area (Å²) in [5.74, 6) is 0.158. The number of nitrogens with one attached hydrogen (secondary N) is 1. The normalized spacial score (nSPS) is 9.80. The van der Waals surface area contributed by atoms with Gasteiger partial charge in [0.25, 0.3) is 11.5 Å². The fourth-order valence-corrected chi connectivity index (χ4v) is 1.19. The average Bonchev–Trinajstić information content (AvgIpc) is 2.26. The predicted molar refractivity (Wildman–Crippen MR) is 52.6 cm³/mol. The lowest BCUT2D eigenvalue weighted by Gasteiger charge is -2.01. The summed E-state index contributed by atoms with van der Waals surface area (Å²) in [5, 5.41) is 26.0. The van der Waals surface area contributed by atoms with Crippen LogP contribution in [0.15, 0.2) is 24.3 Å². The zero-order chi connectivity index (χ0) is 10.7. The molecule has 1 aromatic heterocycles. The van der Waals surface area contributed by atoms with Crippen LogP contribution in [-0.2, 0) is 0 Å². The molecule has 1 aromatic carbocycles. The number of rotatable bonds is 2. The van der Waals surface area contributed by atoms with Gasteiger partial charge in [0.15, 0.2) is 0 Å². The monoisotopic (exact) mass is 201 g/mol. The highest BCUT2D eigenvalue weighted by Crippen LogP contribution is 2.06. The molecule has 6 nitrogen and oxygen atoms in total. The minimum absolute atomic E-state index is 0.0678. The molecule has 0 amide bonds. The Morgan fingerprint density at radius 3 is 3.07 bits per heavy atom. The van der Waals surface area contributed by atoms with Crippen molar-refractivity contribution in [1.29, 1.82) is 5.26 Å². The first-order chi connectivity index (χ1) is 7.31. The molecule has 6 heteroatoms. The van der Waals surface area contributed by atoms with E-state index in [4.69, 9.17) is 5.26 Å². The largest absolute Gasteiger partial charge is 0.594 e. The Morgan fingerprint density at radius 1 is 1.47 bits per heavy atom. The molecule has 0 atom stereocenters. The summed E-state index contributed by atoms with van der Waals surface area (Å²) in [4.78, 5) is 4.57. The molecule has 1 N–H and O–H groups in total. The Kier molecular flexibility index (Phi) is 2.29. The van der Waals surface area contributed by atoms with Gasteiger partial charge in [0.05, 0.1) is 11.2 Å². The molecule has 0 unspecified atom stereocenters. The standard InChI is InChI=1S/C9H7N5O/c10-5-6-11-9-12-7-3-1-2-4-8(7)14(15)13-9/h1-4H,6H2,(H,11,12,13). The molecule has 0 aliphatic carbocycles. The second-order valence-electron chi connectivity index (χ2n) is 2.81. The lowest BCUT2D eigenvalue weighted by atomic mass is 10.3. The molecule has 0 fully saturated rings. The summed E-state index contributed by atoms with van der Waals surface area (Å²) in [6.45, 7) is 0.0678. The molecule has 0 spiro atoms. The minimum atomic E-state index is 0.0678. The molecule has 0 saturated heterocycles. The maximum Gasteiger partial charge on any atom is 0.291 e. The van der Waals surface area contributed by atoms with E-state index in [-0.39, 0.29) is 12.5 Å². The average molecular weight is 201 g/mol. The quantitative estimate of drug-likeness (QED) is 0.426. The van der Waals surface area contributed by atoms with Crippen LogP contribution in [-0.4, -0.2) is 16.6 Å². The number of benzene rings is 1. The summed E-state index contributed by atoms with van der Waals surface area (Å²) in [5.41, 5.74) is 0.947. The molecule has 0 aliphatic heterocycles. The number of nitriles is 1. The van der Waals surface area contributed by atoms with Crippen LogP contribution in [0.25, 0.3) is 11.0 Å². The van der Waals surface area contributed by atoms with Gasteiger partial charge < -0.3 is 10.5 Å². The van der Waals surface area contributed by atoms with Gasteiger partial charge in [0.2, 0.25) is 0 Å². The first-order valence-corrected chi connectivity index (χ1v) is 4.29. The van der Waals surface area contributed by atoms with E-state index >= 15 is 0 Å². The Bertz CT molecular complexity index is 534. The van der Waals surface area contributed by atoms with E-state index in [1.165, 1.54) is 0 Å². The van der Waals surface area contributed by atoms with Crippen LogP contribution in [0, 0.1) is 16.5 Å². The molecule has 0 bridgehead atoms. The fraction of sp³-hybridized carbons (Fsp3) is 0.111. The SMILES string of the molecule is N#CCNc1nc2ccccc2[n+]([O-])n1. The molecular formula is C9H7N5O. The lowest BCUT2D eigenvalue weighted by Crippen LogP contribution is -2.33. The van der Waals surface area contributed by atoms with Gasteiger partial charge >= 0.3 is 0 Å². The van der Waals surface area contributed by atoms with Crippen molar-refractivity contribution in [2.24, 2.45) is 0 Å². The van der Waals surface area contributed by atoms with Crippen LogP contribution < -0.4 is 10.2 Å². The van der Waals surface area contributed by atoms with Crippen LogP contribution in [0.5, 0.6) is 0 Å². The number of hydrogen-bond acceptors (Lipinski definition) is 5. The van der Waals surface area contributed by atoms with Gasteiger partial charge in [-0.1, -0.05) is 12.1 Å². The molecular weight excluding hydrogens is 194 g/mol. The van der Waals surface area contributed by atoms with E-state index in [1.807, 2.05) is 6.07 Å². The maximum atomic E-state index is 11.4. The van der Waals surface area contributed by atoms with E-state index in [1.54, 1.807) is 24.3 Å². The first kappa shape index (κ1) is 9.15. The zero-order valence-corrected chi connectivity index (χ0v) is 7.71. The van der Waals surface area contributed by atoms with Crippen LogP contribution in [0.4, 0.5) is 5.95 Å². The summed E-state index contributed by atoms with van der Waals surface area (Å²) in [7, 11) is 0. The van der Waals surface area contributed by atoms with Gasteiger partial charge in [-0.15, -0.1) is 0 Å². The van der Waals surface area contributed by atoms with Gasteiger partial charge in [-0.25, -0.2) is 4.98 Å². The predicted octanol–water partition coefficient (Wildman–Crippen LogP) is 0.199. The van der Waals surface area contributed by atoms with Crippen LogP contribution in [0.2, 0.25) is 0 Å². The van der Waals surface area contributed by atoms with Crippen LogP contribution in [0.1, 0.15) is 0 Å². The Balaban J connectivity index is 2.49. The van der Waals surface area contributed by atoms with Gasteiger partial charge in [-0.2, -0.15) is 5.26 Å². The molecule has 0 aliphatic rings. The molecule has 0 radical (unpaired) electrons. The second-order valence-corrected chi connectivity index (χ2v) is 2.81. The zero-order valence-electron chi connectivity index (χ0n) is 7.71. The smallest absolute Gasteiger partial charge is 0.291 e. The number of para-hydroxylation sites is 2. The van der Waals surface area contributed by atoms with Crippen molar-refractivity contribution in [1.82, 2.24) is 10.1 Å². The van der Waals surface area contributed by atoms with Gasteiger partial charge in [-0.3, -0.25) is 0 Å². The number of aromatic nitrogens is 3. The third-order valence-electron chi connectivity index (χ3n) is 1.83. The second kappa shape index (κ2) is 3.75. The van der Waals surface area contributed by atoms with Crippen molar-refractivity contribution in [2.75, 3.05) is 11.9 Å². The summed E-state index contributed by atoms with van der Waals surface area (Å²) in [6.07, 6.45) is 0. The third-order valence-corrected chi connectivity index (χ3v) is 1.83. The van der Waals surface area contributed by atoms with Gasteiger partial charge in [0.1, 0.15) is 12.1 Å². The lowest BCUT2D eigenvalue weighted by molar-refractivity contribution is -0.641. The molecule has 2 aromatic rings. The number of nitrogens with zero attached hydrogens (tertiary/aromatic N) is 4. The van der Waals surface area contributed by atoms with Crippen LogP contribution in [0.3, 0.4) is 0 Å². The topological polar surface area (TPSA) is 88.5 Å². The van der Waals surface area contributed by atoms with Crippen molar-refractivity contribution >= 4 is 17.0 Å². The minimum Gasteiger partial charge on any atom is -0.594 e. The van der Waals surface area contributed by atoms with E-state index in [0.29, 0.717) is 15.9 Å². The highest BCUT2D eigenvalue weighted by Gasteiger charge is 2.08. The molecule has 1 heterocycles. The van der Waals surface area contributed by atoms with Crippen molar-refractivity contribution in [2.45, 2.75) is 0 Å². The van der Waals surface area contributed by atoms with Crippen LogP contribution >= 0.6 is 0 Å². The number of fused-ring (bicyclic) bond motifs is 1. The third kappa shape index (κ3) is 1.76. The van der Waals surface area contributed by atoms with E-state index in [9.17, 15) is 5.21 Å². The Hall–Kier alpha value is -2.42. The Morgan fingerprint density at radius 2 is 2.27 bits per heavy atom. The van der Waals surface area contributed by atoms with Crippen molar-refractivity contribution < 1.29 is 4.85 Å². The van der Waals surface area contributed by atoms with E-state index < -0.39 is 0 Å². The number of anilines is 1. The Labute approximate surface area is 85.4 Å². The highest BCUT2D eigenvalue weighted by atomic mass is 16.5.